The van der Waals surface area contributed by atoms with Gasteiger partial charge in [0.2, 0.25) is 0 Å². The number of morpholine rings is 1. The van der Waals surface area contributed by atoms with Crippen LogP contribution in [0, 0.1) is 6.92 Å². The quantitative estimate of drug-likeness (QED) is 0.801. The predicted octanol–water partition coefficient (Wildman–Crippen LogP) is 3.58. The molecule has 0 bridgehead atoms. The van der Waals surface area contributed by atoms with Crippen LogP contribution < -0.4 is 9.47 Å². The van der Waals surface area contributed by atoms with Crippen molar-refractivity contribution in [3.8, 4) is 11.5 Å². The maximum absolute atomic E-state index is 12.7. The zero-order chi connectivity index (χ0) is 18.5. The lowest BCUT2D eigenvalue weighted by atomic mass is 10.1. The molecule has 0 saturated carbocycles. The third-order valence-corrected chi connectivity index (χ3v) is 4.48. The largest absolute Gasteiger partial charge is 0.493 e. The first-order valence-electron chi connectivity index (χ1n) is 8.50. The summed E-state index contributed by atoms with van der Waals surface area (Å²) in [7, 11) is 1.62. The van der Waals surface area contributed by atoms with Gasteiger partial charge in [0.25, 0.3) is 5.91 Å². The second-order valence-electron chi connectivity index (χ2n) is 6.22. The summed E-state index contributed by atoms with van der Waals surface area (Å²) in [5.74, 6) is 1.31. The Kier molecular flexibility index (Phi) is 6.01. The van der Waals surface area contributed by atoms with Gasteiger partial charge in [0, 0.05) is 17.1 Å². The van der Waals surface area contributed by atoms with Gasteiger partial charge in [-0.1, -0.05) is 23.7 Å². The second-order valence-corrected chi connectivity index (χ2v) is 6.66. The van der Waals surface area contributed by atoms with Crippen molar-refractivity contribution >= 4 is 17.5 Å². The number of methoxy groups -OCH3 is 1. The van der Waals surface area contributed by atoms with Crippen molar-refractivity contribution in [2.24, 2.45) is 0 Å². The first-order chi connectivity index (χ1) is 12.6. The average molecular weight is 376 g/mol. The fraction of sp³-hybridized carbons (Fsp3) is 0.350. The van der Waals surface area contributed by atoms with E-state index in [-0.39, 0.29) is 12.0 Å². The van der Waals surface area contributed by atoms with Gasteiger partial charge in [0.05, 0.1) is 20.3 Å². The van der Waals surface area contributed by atoms with Crippen molar-refractivity contribution in [2.75, 3.05) is 33.4 Å². The highest BCUT2D eigenvalue weighted by molar-refractivity contribution is 6.30. The molecule has 0 spiro atoms. The van der Waals surface area contributed by atoms with Crippen LogP contribution in [0.1, 0.15) is 15.9 Å². The van der Waals surface area contributed by atoms with E-state index < -0.39 is 0 Å². The van der Waals surface area contributed by atoms with Crippen molar-refractivity contribution in [1.82, 2.24) is 4.90 Å². The maximum Gasteiger partial charge on any atom is 0.254 e. The standard InChI is InChI=1S/C20H22ClNO4/c1-14-6-7-18(19(10-14)24-2)26-13-17-12-22(8-9-25-17)20(23)15-4-3-5-16(21)11-15/h3-7,10-11,17H,8-9,12-13H2,1-2H3/t17-/m1/s1. The number of carbonyl (C=O) groups is 1. The van der Waals surface area contributed by atoms with Gasteiger partial charge in [0.1, 0.15) is 12.7 Å². The van der Waals surface area contributed by atoms with E-state index in [1.54, 1.807) is 36.3 Å². The molecule has 1 fully saturated rings. The molecule has 0 unspecified atom stereocenters. The number of nitrogens with zero attached hydrogens (tertiary/aromatic N) is 1. The van der Waals surface area contributed by atoms with Crippen LogP contribution in [0.25, 0.3) is 0 Å². The Balaban J connectivity index is 1.61. The molecule has 0 aliphatic carbocycles. The molecule has 2 aromatic rings. The number of carbonyl (C=O) groups excluding carboxylic acids is 1. The summed E-state index contributed by atoms with van der Waals surface area (Å²) in [6.45, 7) is 3.84. The Morgan fingerprint density at radius 1 is 1.27 bits per heavy atom. The Hall–Kier alpha value is -2.24. The molecule has 6 heteroatoms. The molecule has 0 radical (unpaired) electrons. The minimum absolute atomic E-state index is 0.0475. The molecule has 1 aliphatic rings. The Bertz CT molecular complexity index is 780. The lowest BCUT2D eigenvalue weighted by molar-refractivity contribution is -0.0403. The zero-order valence-electron chi connectivity index (χ0n) is 14.9. The number of rotatable bonds is 5. The monoisotopic (exact) mass is 375 g/mol. The molecule has 5 nitrogen and oxygen atoms in total. The molecule has 3 rings (SSSR count). The van der Waals surface area contributed by atoms with Crippen LogP contribution in [0.5, 0.6) is 11.5 Å². The molecule has 1 heterocycles. The summed E-state index contributed by atoms with van der Waals surface area (Å²) in [4.78, 5) is 14.4. The molecule has 26 heavy (non-hydrogen) atoms. The van der Waals surface area contributed by atoms with Crippen LogP contribution in [0.2, 0.25) is 5.02 Å². The SMILES string of the molecule is COc1cc(C)ccc1OC[C@H]1CN(C(=O)c2cccc(Cl)c2)CCO1. The molecular formula is C20H22ClNO4. The smallest absolute Gasteiger partial charge is 0.254 e. The Labute approximate surface area is 158 Å². The highest BCUT2D eigenvalue weighted by Crippen LogP contribution is 2.28. The molecule has 1 atom stereocenters. The van der Waals surface area contributed by atoms with E-state index in [1.165, 1.54) is 0 Å². The van der Waals surface area contributed by atoms with Crippen molar-refractivity contribution in [2.45, 2.75) is 13.0 Å². The molecule has 1 amide bonds. The van der Waals surface area contributed by atoms with Gasteiger partial charge in [-0.3, -0.25) is 4.79 Å². The van der Waals surface area contributed by atoms with Crippen molar-refractivity contribution < 1.29 is 19.0 Å². The summed E-state index contributed by atoms with van der Waals surface area (Å²) in [5, 5.41) is 0.551. The predicted molar refractivity (Wildman–Crippen MR) is 100 cm³/mol. The summed E-state index contributed by atoms with van der Waals surface area (Å²) in [5.41, 5.74) is 1.68. The van der Waals surface area contributed by atoms with E-state index in [9.17, 15) is 4.79 Å². The summed E-state index contributed by atoms with van der Waals surface area (Å²) < 4.78 is 17.0. The number of benzene rings is 2. The van der Waals surface area contributed by atoms with Crippen LogP contribution in [0.15, 0.2) is 42.5 Å². The molecule has 1 saturated heterocycles. The first-order valence-corrected chi connectivity index (χ1v) is 8.88. The van der Waals surface area contributed by atoms with Crippen LogP contribution in [-0.2, 0) is 4.74 Å². The molecule has 0 N–H and O–H groups in total. The molecule has 138 valence electrons. The average Bonchev–Trinajstić information content (AvgIpc) is 2.66. The van der Waals surface area contributed by atoms with Crippen molar-refractivity contribution in [3.63, 3.8) is 0 Å². The van der Waals surface area contributed by atoms with E-state index in [2.05, 4.69) is 0 Å². The van der Waals surface area contributed by atoms with E-state index in [0.717, 1.165) is 5.56 Å². The lowest BCUT2D eigenvalue weighted by Crippen LogP contribution is -2.47. The lowest BCUT2D eigenvalue weighted by Gasteiger charge is -2.33. The fourth-order valence-corrected chi connectivity index (χ4v) is 3.08. The van der Waals surface area contributed by atoms with Gasteiger partial charge < -0.3 is 19.1 Å². The van der Waals surface area contributed by atoms with Crippen LogP contribution in [0.3, 0.4) is 0 Å². The van der Waals surface area contributed by atoms with E-state index >= 15 is 0 Å². The van der Waals surface area contributed by atoms with Gasteiger partial charge in [-0.15, -0.1) is 0 Å². The number of hydrogen-bond acceptors (Lipinski definition) is 4. The van der Waals surface area contributed by atoms with E-state index in [1.807, 2.05) is 25.1 Å². The molecule has 0 aromatic heterocycles. The van der Waals surface area contributed by atoms with Gasteiger partial charge >= 0.3 is 0 Å². The van der Waals surface area contributed by atoms with Crippen LogP contribution >= 0.6 is 11.6 Å². The number of aryl methyl sites for hydroxylation is 1. The van der Waals surface area contributed by atoms with E-state index in [0.29, 0.717) is 48.4 Å². The molecule has 2 aromatic carbocycles. The second kappa shape index (κ2) is 8.43. The van der Waals surface area contributed by atoms with Gasteiger partial charge in [-0.05, 0) is 42.8 Å². The maximum atomic E-state index is 12.7. The van der Waals surface area contributed by atoms with E-state index in [4.69, 9.17) is 25.8 Å². The third kappa shape index (κ3) is 4.48. The fourth-order valence-electron chi connectivity index (χ4n) is 2.89. The number of halogens is 1. The van der Waals surface area contributed by atoms with Crippen LogP contribution in [0.4, 0.5) is 0 Å². The third-order valence-electron chi connectivity index (χ3n) is 4.24. The molecular weight excluding hydrogens is 354 g/mol. The summed E-state index contributed by atoms with van der Waals surface area (Å²) in [6, 6.07) is 12.8. The van der Waals surface area contributed by atoms with Crippen molar-refractivity contribution in [3.05, 3.63) is 58.6 Å². The number of hydrogen-bond donors (Lipinski definition) is 0. The van der Waals surface area contributed by atoms with Gasteiger partial charge in [-0.25, -0.2) is 0 Å². The zero-order valence-corrected chi connectivity index (χ0v) is 15.7. The van der Waals surface area contributed by atoms with Crippen molar-refractivity contribution in [1.29, 1.82) is 0 Å². The minimum atomic E-state index is -0.196. The minimum Gasteiger partial charge on any atom is -0.493 e. The van der Waals surface area contributed by atoms with Crippen LogP contribution in [-0.4, -0.2) is 50.3 Å². The first kappa shape index (κ1) is 18.5. The highest BCUT2D eigenvalue weighted by atomic mass is 35.5. The normalized spacial score (nSPS) is 17.0. The summed E-state index contributed by atoms with van der Waals surface area (Å²) >= 11 is 5.99. The van der Waals surface area contributed by atoms with Gasteiger partial charge in [-0.2, -0.15) is 0 Å². The Morgan fingerprint density at radius 2 is 2.12 bits per heavy atom. The Morgan fingerprint density at radius 3 is 2.88 bits per heavy atom. The number of amides is 1. The summed E-state index contributed by atoms with van der Waals surface area (Å²) in [6.07, 6.45) is -0.196. The topological polar surface area (TPSA) is 48.0 Å². The number of ether oxygens (including phenoxy) is 3. The van der Waals surface area contributed by atoms with Gasteiger partial charge in [0.15, 0.2) is 11.5 Å². The molecule has 1 aliphatic heterocycles. The highest BCUT2D eigenvalue weighted by Gasteiger charge is 2.26.